The molecule has 1 aliphatic carbocycles. The standard InChI is InChI=1S/C16H16F3NO4/c17-16(18,19)24-11-3-1-2-10(6-11)14(21)20-7-12(9-4-5-9)13(8-20)15(22)23/h1-3,6,9,12-13H,4-5,7-8H2,(H,22,23)/t12-,13+/m1/s1. The van der Waals surface area contributed by atoms with Crippen molar-refractivity contribution in [3.63, 3.8) is 0 Å². The van der Waals surface area contributed by atoms with Crippen LogP contribution in [0.4, 0.5) is 13.2 Å². The van der Waals surface area contributed by atoms with E-state index in [1.165, 1.54) is 17.0 Å². The fourth-order valence-electron chi connectivity index (χ4n) is 3.27. The second kappa shape index (κ2) is 5.99. The normalized spacial score (nSPS) is 24.0. The number of hydrogen-bond donors (Lipinski definition) is 1. The molecular formula is C16H16F3NO4. The molecule has 8 heteroatoms. The van der Waals surface area contributed by atoms with Crippen molar-refractivity contribution in [2.75, 3.05) is 13.1 Å². The van der Waals surface area contributed by atoms with Gasteiger partial charge in [-0.1, -0.05) is 6.07 Å². The van der Waals surface area contributed by atoms with Gasteiger partial charge in [0.1, 0.15) is 5.75 Å². The molecule has 0 spiro atoms. The van der Waals surface area contributed by atoms with E-state index in [2.05, 4.69) is 4.74 Å². The van der Waals surface area contributed by atoms with Crippen LogP contribution in [-0.4, -0.2) is 41.3 Å². The Labute approximate surface area is 136 Å². The second-order valence-electron chi connectivity index (χ2n) is 6.23. The van der Waals surface area contributed by atoms with Gasteiger partial charge in [0.2, 0.25) is 0 Å². The number of amides is 1. The summed E-state index contributed by atoms with van der Waals surface area (Å²) in [5, 5.41) is 9.32. The van der Waals surface area contributed by atoms with Gasteiger partial charge in [0.15, 0.2) is 0 Å². The SMILES string of the molecule is O=C(O)[C@H]1CN(C(=O)c2cccc(OC(F)(F)F)c2)C[C@@H]1C1CC1. The molecule has 0 unspecified atom stereocenters. The van der Waals surface area contributed by atoms with Crippen molar-refractivity contribution >= 4 is 11.9 Å². The Morgan fingerprint density at radius 2 is 1.92 bits per heavy atom. The molecule has 0 aromatic heterocycles. The van der Waals surface area contributed by atoms with Gasteiger partial charge in [-0.15, -0.1) is 13.2 Å². The summed E-state index contributed by atoms with van der Waals surface area (Å²) in [6.07, 6.45) is -2.91. The highest BCUT2D eigenvalue weighted by atomic mass is 19.4. The van der Waals surface area contributed by atoms with E-state index in [-0.39, 0.29) is 18.0 Å². The average molecular weight is 343 g/mol. The number of carboxylic acid groups (broad SMARTS) is 1. The highest BCUT2D eigenvalue weighted by molar-refractivity contribution is 5.95. The van der Waals surface area contributed by atoms with Crippen molar-refractivity contribution in [2.45, 2.75) is 19.2 Å². The zero-order chi connectivity index (χ0) is 17.5. The summed E-state index contributed by atoms with van der Waals surface area (Å²) in [6, 6.07) is 4.83. The van der Waals surface area contributed by atoms with Crippen LogP contribution in [0.1, 0.15) is 23.2 Å². The first-order valence-electron chi connectivity index (χ1n) is 7.62. The molecule has 2 aliphatic rings. The molecule has 0 bridgehead atoms. The fraction of sp³-hybridized carbons (Fsp3) is 0.500. The number of carboxylic acids is 1. The van der Waals surface area contributed by atoms with Crippen LogP contribution in [0, 0.1) is 17.8 Å². The van der Waals surface area contributed by atoms with Crippen LogP contribution < -0.4 is 4.74 Å². The number of hydrogen-bond acceptors (Lipinski definition) is 3. The lowest BCUT2D eigenvalue weighted by Crippen LogP contribution is -2.30. The van der Waals surface area contributed by atoms with Crippen LogP contribution >= 0.6 is 0 Å². The largest absolute Gasteiger partial charge is 0.573 e. The third-order valence-electron chi connectivity index (χ3n) is 4.51. The third kappa shape index (κ3) is 3.63. The second-order valence-corrected chi connectivity index (χ2v) is 6.23. The van der Waals surface area contributed by atoms with Crippen molar-refractivity contribution in [2.24, 2.45) is 17.8 Å². The molecule has 1 N–H and O–H groups in total. The minimum absolute atomic E-state index is 0.0531. The summed E-state index contributed by atoms with van der Waals surface area (Å²) >= 11 is 0. The fourth-order valence-corrected chi connectivity index (χ4v) is 3.27. The highest BCUT2D eigenvalue weighted by Gasteiger charge is 2.47. The van der Waals surface area contributed by atoms with Gasteiger partial charge < -0.3 is 14.7 Å². The van der Waals surface area contributed by atoms with E-state index in [9.17, 15) is 27.9 Å². The molecule has 5 nitrogen and oxygen atoms in total. The monoisotopic (exact) mass is 343 g/mol. The van der Waals surface area contributed by atoms with Crippen molar-refractivity contribution in [3.8, 4) is 5.75 Å². The molecule has 2 atom stereocenters. The van der Waals surface area contributed by atoms with Gasteiger partial charge in [0, 0.05) is 18.7 Å². The number of benzene rings is 1. The van der Waals surface area contributed by atoms with E-state index < -0.39 is 29.9 Å². The van der Waals surface area contributed by atoms with Crippen LogP contribution in [0.5, 0.6) is 5.75 Å². The minimum Gasteiger partial charge on any atom is -0.481 e. The van der Waals surface area contributed by atoms with E-state index in [0.29, 0.717) is 12.5 Å². The van der Waals surface area contributed by atoms with Gasteiger partial charge in [-0.2, -0.15) is 0 Å². The first-order valence-corrected chi connectivity index (χ1v) is 7.62. The number of aliphatic carboxylic acids is 1. The van der Waals surface area contributed by atoms with Gasteiger partial charge in [-0.05, 0) is 42.9 Å². The number of halogens is 3. The zero-order valence-electron chi connectivity index (χ0n) is 12.6. The lowest BCUT2D eigenvalue weighted by atomic mass is 9.92. The maximum Gasteiger partial charge on any atom is 0.573 e. The number of alkyl halides is 3. The van der Waals surface area contributed by atoms with Crippen LogP contribution in [-0.2, 0) is 4.79 Å². The number of ether oxygens (including phenoxy) is 1. The topological polar surface area (TPSA) is 66.8 Å². The van der Waals surface area contributed by atoms with Crippen LogP contribution in [0.25, 0.3) is 0 Å². The van der Waals surface area contributed by atoms with Crippen LogP contribution in [0.15, 0.2) is 24.3 Å². The molecule has 1 aromatic carbocycles. The lowest BCUT2D eigenvalue weighted by Gasteiger charge is -2.17. The molecule has 3 rings (SSSR count). The number of carbonyl (C=O) groups is 2. The molecule has 1 aliphatic heterocycles. The third-order valence-corrected chi connectivity index (χ3v) is 4.51. The molecule has 24 heavy (non-hydrogen) atoms. The van der Waals surface area contributed by atoms with E-state index in [0.717, 1.165) is 25.0 Å². The summed E-state index contributed by atoms with van der Waals surface area (Å²) < 4.78 is 40.7. The Morgan fingerprint density at radius 1 is 1.21 bits per heavy atom. The van der Waals surface area contributed by atoms with Gasteiger partial charge in [0.25, 0.3) is 5.91 Å². The summed E-state index contributed by atoms with van der Waals surface area (Å²) in [7, 11) is 0. The molecule has 130 valence electrons. The number of nitrogens with zero attached hydrogens (tertiary/aromatic N) is 1. The van der Waals surface area contributed by atoms with Gasteiger partial charge in [-0.3, -0.25) is 9.59 Å². The molecule has 1 saturated heterocycles. The van der Waals surface area contributed by atoms with Crippen molar-refractivity contribution in [1.82, 2.24) is 4.90 Å². The zero-order valence-corrected chi connectivity index (χ0v) is 12.6. The Morgan fingerprint density at radius 3 is 2.50 bits per heavy atom. The lowest BCUT2D eigenvalue weighted by molar-refractivity contribution is -0.274. The van der Waals surface area contributed by atoms with E-state index in [1.54, 1.807) is 0 Å². The predicted octanol–water partition coefficient (Wildman–Crippen LogP) is 2.77. The Bertz CT molecular complexity index is 657. The van der Waals surface area contributed by atoms with E-state index >= 15 is 0 Å². The smallest absolute Gasteiger partial charge is 0.481 e. The summed E-state index contributed by atoms with van der Waals surface area (Å²) in [5.41, 5.74) is 0.0531. The summed E-state index contributed by atoms with van der Waals surface area (Å²) in [4.78, 5) is 25.3. The molecule has 0 radical (unpaired) electrons. The number of carbonyl (C=O) groups excluding carboxylic acids is 1. The molecule has 1 saturated carbocycles. The van der Waals surface area contributed by atoms with E-state index in [4.69, 9.17) is 0 Å². The first-order chi connectivity index (χ1) is 11.2. The van der Waals surface area contributed by atoms with Gasteiger partial charge in [-0.25, -0.2) is 0 Å². The predicted molar refractivity (Wildman–Crippen MR) is 76.4 cm³/mol. The maximum atomic E-state index is 12.5. The highest BCUT2D eigenvalue weighted by Crippen LogP contribution is 2.44. The average Bonchev–Trinajstić information content (AvgIpc) is 3.23. The minimum atomic E-state index is -4.83. The Kier molecular flexibility index (Phi) is 4.15. The molecule has 2 fully saturated rings. The van der Waals surface area contributed by atoms with Crippen LogP contribution in [0.2, 0.25) is 0 Å². The molecule has 1 amide bonds. The molecule has 1 heterocycles. The number of likely N-dealkylation sites (tertiary alicyclic amines) is 1. The molecular weight excluding hydrogens is 327 g/mol. The molecule has 1 aromatic rings. The number of rotatable bonds is 4. The van der Waals surface area contributed by atoms with Gasteiger partial charge in [0.05, 0.1) is 5.92 Å². The van der Waals surface area contributed by atoms with Crippen molar-refractivity contribution in [1.29, 1.82) is 0 Å². The van der Waals surface area contributed by atoms with E-state index in [1.807, 2.05) is 0 Å². The first kappa shape index (κ1) is 16.6. The summed E-state index contributed by atoms with van der Waals surface area (Å²) in [5.74, 6) is -2.25. The van der Waals surface area contributed by atoms with Crippen molar-refractivity contribution in [3.05, 3.63) is 29.8 Å². The summed E-state index contributed by atoms with van der Waals surface area (Å²) in [6.45, 7) is 0.407. The van der Waals surface area contributed by atoms with Crippen LogP contribution in [0.3, 0.4) is 0 Å². The Hall–Kier alpha value is -2.25. The van der Waals surface area contributed by atoms with Crippen molar-refractivity contribution < 1.29 is 32.6 Å². The quantitative estimate of drug-likeness (QED) is 0.913. The maximum absolute atomic E-state index is 12.5. The van der Waals surface area contributed by atoms with Gasteiger partial charge >= 0.3 is 12.3 Å². The Balaban J connectivity index is 1.75.